The minimum Gasteiger partial charge on any atom is -0.384 e. The topological polar surface area (TPSA) is 67.2 Å². The van der Waals surface area contributed by atoms with Crippen molar-refractivity contribution in [3.8, 4) is 0 Å². The number of carbonyl (C=O) groups is 1. The smallest absolute Gasteiger partial charge is 0.251 e. The van der Waals surface area contributed by atoms with E-state index >= 15 is 0 Å². The lowest BCUT2D eigenvalue weighted by Gasteiger charge is -2.14. The molecule has 3 rings (SSSR count). The van der Waals surface area contributed by atoms with Crippen LogP contribution in [0.2, 0.25) is 0 Å². The third-order valence-corrected chi connectivity index (χ3v) is 3.95. The molecule has 1 atom stereocenters. The molecule has 1 aliphatic rings. The maximum atomic E-state index is 12.4. The molecule has 2 heterocycles. The van der Waals surface area contributed by atoms with Crippen LogP contribution in [0.5, 0.6) is 0 Å². The summed E-state index contributed by atoms with van der Waals surface area (Å²) in [6.45, 7) is 6.62. The van der Waals surface area contributed by atoms with E-state index in [4.69, 9.17) is 4.52 Å². The number of aryl methyl sites for hydroxylation is 2. The average molecular weight is 285 g/mol. The van der Waals surface area contributed by atoms with Crippen molar-refractivity contribution in [3.05, 3.63) is 46.3 Å². The molecule has 1 aliphatic heterocycles. The average Bonchev–Trinajstić information content (AvgIpc) is 3.04. The monoisotopic (exact) mass is 285 g/mol. The molecule has 1 aromatic carbocycles. The van der Waals surface area contributed by atoms with Crippen LogP contribution in [0.4, 0.5) is 5.69 Å². The summed E-state index contributed by atoms with van der Waals surface area (Å²) < 4.78 is 5.15. The molecule has 2 aromatic rings. The van der Waals surface area contributed by atoms with Gasteiger partial charge in [0.15, 0.2) is 0 Å². The van der Waals surface area contributed by atoms with Gasteiger partial charge in [-0.3, -0.25) is 4.79 Å². The van der Waals surface area contributed by atoms with Crippen molar-refractivity contribution < 1.29 is 9.32 Å². The third kappa shape index (κ3) is 2.51. The zero-order chi connectivity index (χ0) is 15.0. The van der Waals surface area contributed by atoms with E-state index in [9.17, 15) is 4.79 Å². The minimum absolute atomic E-state index is 0.0843. The van der Waals surface area contributed by atoms with Gasteiger partial charge in [-0.1, -0.05) is 11.2 Å². The van der Waals surface area contributed by atoms with Crippen molar-refractivity contribution >= 4 is 11.6 Å². The normalized spacial score (nSPS) is 14.4. The third-order valence-electron chi connectivity index (χ3n) is 3.95. The summed E-state index contributed by atoms with van der Waals surface area (Å²) in [7, 11) is 0. The standard InChI is InChI=1S/C16H19N3O2/c1-9(15-10(2)19-21-11(15)3)18-16(20)13-5-4-12-6-7-17-14(12)8-13/h4-5,8-9,17H,6-7H2,1-3H3,(H,18,20). The highest BCUT2D eigenvalue weighted by molar-refractivity contribution is 5.95. The van der Waals surface area contributed by atoms with Crippen LogP contribution in [0.3, 0.4) is 0 Å². The zero-order valence-corrected chi connectivity index (χ0v) is 12.5. The predicted octanol–water partition coefficient (Wildman–Crippen LogP) is 2.75. The van der Waals surface area contributed by atoms with Crippen LogP contribution in [-0.4, -0.2) is 17.6 Å². The highest BCUT2D eigenvalue weighted by Crippen LogP contribution is 2.24. The van der Waals surface area contributed by atoms with Crippen molar-refractivity contribution in [1.82, 2.24) is 10.5 Å². The summed E-state index contributed by atoms with van der Waals surface area (Å²) in [5, 5.41) is 10.2. The number of anilines is 1. The highest BCUT2D eigenvalue weighted by Gasteiger charge is 2.20. The van der Waals surface area contributed by atoms with Gasteiger partial charge in [0.2, 0.25) is 0 Å². The van der Waals surface area contributed by atoms with E-state index in [1.807, 2.05) is 39.0 Å². The van der Waals surface area contributed by atoms with E-state index in [-0.39, 0.29) is 11.9 Å². The molecule has 21 heavy (non-hydrogen) atoms. The van der Waals surface area contributed by atoms with Crippen molar-refractivity contribution in [2.75, 3.05) is 11.9 Å². The lowest BCUT2D eigenvalue weighted by molar-refractivity contribution is 0.0939. The highest BCUT2D eigenvalue weighted by atomic mass is 16.5. The van der Waals surface area contributed by atoms with Gasteiger partial charge in [-0.2, -0.15) is 0 Å². The number of fused-ring (bicyclic) bond motifs is 1. The van der Waals surface area contributed by atoms with E-state index in [0.717, 1.165) is 35.7 Å². The van der Waals surface area contributed by atoms with E-state index in [1.54, 1.807) is 0 Å². The van der Waals surface area contributed by atoms with Crippen LogP contribution in [0.25, 0.3) is 0 Å². The second-order valence-corrected chi connectivity index (χ2v) is 5.48. The first kappa shape index (κ1) is 13.7. The number of aromatic nitrogens is 1. The number of rotatable bonds is 3. The Labute approximate surface area is 123 Å². The first-order valence-electron chi connectivity index (χ1n) is 7.16. The maximum absolute atomic E-state index is 12.4. The summed E-state index contributed by atoms with van der Waals surface area (Å²) >= 11 is 0. The van der Waals surface area contributed by atoms with Crippen LogP contribution in [-0.2, 0) is 6.42 Å². The number of amides is 1. The quantitative estimate of drug-likeness (QED) is 0.910. The summed E-state index contributed by atoms with van der Waals surface area (Å²) in [4.78, 5) is 12.4. The van der Waals surface area contributed by atoms with Gasteiger partial charge < -0.3 is 15.2 Å². The van der Waals surface area contributed by atoms with Crippen LogP contribution in [0.1, 0.15) is 45.9 Å². The molecule has 1 aromatic heterocycles. The summed E-state index contributed by atoms with van der Waals surface area (Å²) in [6.07, 6.45) is 1.02. The molecule has 5 heteroatoms. The number of benzene rings is 1. The van der Waals surface area contributed by atoms with Gasteiger partial charge in [-0.25, -0.2) is 0 Å². The van der Waals surface area contributed by atoms with Crippen LogP contribution in [0.15, 0.2) is 22.7 Å². The molecule has 2 N–H and O–H groups in total. The summed E-state index contributed by atoms with van der Waals surface area (Å²) in [6, 6.07) is 5.67. The Balaban J connectivity index is 1.77. The summed E-state index contributed by atoms with van der Waals surface area (Å²) in [5.41, 5.74) is 4.76. The Morgan fingerprint density at radius 1 is 1.43 bits per heavy atom. The lowest BCUT2D eigenvalue weighted by atomic mass is 10.1. The van der Waals surface area contributed by atoms with Crippen LogP contribution in [0, 0.1) is 13.8 Å². The second-order valence-electron chi connectivity index (χ2n) is 5.48. The molecule has 0 spiro atoms. The molecule has 1 amide bonds. The Kier molecular flexibility index (Phi) is 3.41. The van der Waals surface area contributed by atoms with Gasteiger partial charge in [0, 0.05) is 23.4 Å². The molecule has 0 aliphatic carbocycles. The number of hydrogen-bond acceptors (Lipinski definition) is 4. The lowest BCUT2D eigenvalue weighted by Crippen LogP contribution is -2.27. The first-order valence-corrected chi connectivity index (χ1v) is 7.16. The molecular weight excluding hydrogens is 266 g/mol. The SMILES string of the molecule is Cc1noc(C)c1C(C)NC(=O)c1ccc2c(c1)NCC2. The van der Waals surface area contributed by atoms with Crippen LogP contribution < -0.4 is 10.6 Å². The molecule has 0 saturated heterocycles. The fourth-order valence-corrected chi connectivity index (χ4v) is 2.89. The van der Waals surface area contributed by atoms with Gasteiger partial charge in [0.1, 0.15) is 5.76 Å². The van der Waals surface area contributed by atoms with Crippen LogP contribution >= 0.6 is 0 Å². The van der Waals surface area contributed by atoms with E-state index in [1.165, 1.54) is 5.56 Å². The molecule has 0 bridgehead atoms. The van der Waals surface area contributed by atoms with Crippen molar-refractivity contribution in [3.63, 3.8) is 0 Å². The minimum atomic E-state index is -0.134. The van der Waals surface area contributed by atoms with E-state index < -0.39 is 0 Å². The molecule has 5 nitrogen and oxygen atoms in total. The van der Waals surface area contributed by atoms with Crippen molar-refractivity contribution in [2.45, 2.75) is 33.2 Å². The maximum Gasteiger partial charge on any atom is 0.251 e. The Morgan fingerprint density at radius 3 is 2.95 bits per heavy atom. The number of carbonyl (C=O) groups excluding carboxylic acids is 1. The molecular formula is C16H19N3O2. The summed E-state index contributed by atoms with van der Waals surface area (Å²) in [5.74, 6) is 0.662. The van der Waals surface area contributed by atoms with Gasteiger partial charge >= 0.3 is 0 Å². The zero-order valence-electron chi connectivity index (χ0n) is 12.5. The Bertz CT molecular complexity index is 671. The van der Waals surface area contributed by atoms with Gasteiger partial charge in [-0.15, -0.1) is 0 Å². The molecule has 0 saturated carbocycles. The predicted molar refractivity (Wildman–Crippen MR) is 80.5 cm³/mol. The second kappa shape index (κ2) is 5.24. The van der Waals surface area contributed by atoms with E-state index in [0.29, 0.717) is 5.56 Å². The first-order chi connectivity index (χ1) is 10.1. The molecule has 0 radical (unpaired) electrons. The number of hydrogen-bond donors (Lipinski definition) is 2. The fraction of sp³-hybridized carbons (Fsp3) is 0.375. The largest absolute Gasteiger partial charge is 0.384 e. The van der Waals surface area contributed by atoms with Crippen molar-refractivity contribution in [2.24, 2.45) is 0 Å². The van der Waals surface area contributed by atoms with Gasteiger partial charge in [0.05, 0.1) is 11.7 Å². The van der Waals surface area contributed by atoms with Crippen molar-refractivity contribution in [1.29, 1.82) is 0 Å². The molecule has 1 unspecified atom stereocenters. The fourth-order valence-electron chi connectivity index (χ4n) is 2.89. The Morgan fingerprint density at radius 2 is 2.24 bits per heavy atom. The number of nitrogens with zero attached hydrogens (tertiary/aromatic N) is 1. The Hall–Kier alpha value is -2.30. The van der Waals surface area contributed by atoms with Gasteiger partial charge in [-0.05, 0) is 44.9 Å². The number of nitrogens with one attached hydrogen (secondary N) is 2. The van der Waals surface area contributed by atoms with Gasteiger partial charge in [0.25, 0.3) is 5.91 Å². The molecule has 110 valence electrons. The molecule has 0 fully saturated rings. The van der Waals surface area contributed by atoms with E-state index in [2.05, 4.69) is 15.8 Å².